The van der Waals surface area contributed by atoms with Gasteiger partial charge in [-0.1, -0.05) is 48.0 Å². The Bertz CT molecular complexity index is 1060. The third-order valence-corrected chi connectivity index (χ3v) is 4.43. The molecule has 0 unspecified atom stereocenters. The van der Waals surface area contributed by atoms with Gasteiger partial charge in [-0.05, 0) is 35.8 Å². The number of hydrogen-bond acceptors (Lipinski definition) is 3. The third-order valence-electron chi connectivity index (χ3n) is 4.10. The van der Waals surface area contributed by atoms with E-state index in [0.717, 1.165) is 10.8 Å². The molecular formula is C20H13BClFN2O. The van der Waals surface area contributed by atoms with E-state index in [2.05, 4.69) is 9.97 Å². The lowest BCUT2D eigenvalue weighted by atomic mass is 9.55. The van der Waals surface area contributed by atoms with E-state index in [1.807, 2.05) is 42.5 Å². The number of pyridine rings is 2. The fourth-order valence-corrected chi connectivity index (χ4v) is 3.08. The van der Waals surface area contributed by atoms with Crippen molar-refractivity contribution in [3.8, 4) is 5.75 Å². The van der Waals surface area contributed by atoms with Crippen molar-refractivity contribution < 1.29 is 9.04 Å². The molecule has 6 heteroatoms. The van der Waals surface area contributed by atoms with Crippen molar-refractivity contribution in [1.82, 2.24) is 9.97 Å². The van der Waals surface area contributed by atoms with Crippen LogP contribution in [0.25, 0.3) is 10.9 Å². The summed E-state index contributed by atoms with van der Waals surface area (Å²) in [5.41, 5.74) is 1.81. The molecule has 2 aromatic heterocycles. The van der Waals surface area contributed by atoms with Crippen LogP contribution in [0.4, 0.5) is 4.39 Å². The zero-order valence-electron chi connectivity index (χ0n) is 13.6. The number of hydrogen-bond donors (Lipinski definition) is 0. The molecule has 0 saturated heterocycles. The molecule has 0 fully saturated rings. The van der Waals surface area contributed by atoms with E-state index in [1.54, 1.807) is 30.5 Å². The van der Waals surface area contributed by atoms with Crippen molar-refractivity contribution in [2.24, 2.45) is 0 Å². The quantitative estimate of drug-likeness (QED) is 0.411. The summed E-state index contributed by atoms with van der Waals surface area (Å²) >= 11 is 6.26. The molecule has 3 nitrogen and oxygen atoms in total. The van der Waals surface area contributed by atoms with Crippen LogP contribution in [0.3, 0.4) is 0 Å². The highest BCUT2D eigenvalue weighted by molar-refractivity contribution is 6.80. The number of fused-ring (bicyclic) bond motifs is 1. The zero-order chi connectivity index (χ0) is 17.9. The number of aromatic nitrogens is 2. The van der Waals surface area contributed by atoms with Crippen LogP contribution in [-0.4, -0.2) is 16.9 Å². The van der Waals surface area contributed by atoms with Crippen molar-refractivity contribution >= 4 is 40.3 Å². The first kappa shape index (κ1) is 16.5. The third kappa shape index (κ3) is 3.14. The Balaban J connectivity index is 1.85. The molecular weight excluding hydrogens is 349 g/mol. The topological polar surface area (TPSA) is 35.0 Å². The molecule has 0 aliphatic heterocycles. The van der Waals surface area contributed by atoms with E-state index in [9.17, 15) is 4.39 Å². The van der Waals surface area contributed by atoms with E-state index in [1.165, 1.54) is 6.20 Å². The number of benzene rings is 2. The van der Waals surface area contributed by atoms with Gasteiger partial charge >= 0.3 is 6.92 Å². The predicted molar refractivity (Wildman–Crippen MR) is 103 cm³/mol. The average Bonchev–Trinajstić information content (AvgIpc) is 2.69. The molecule has 126 valence electrons. The lowest BCUT2D eigenvalue weighted by molar-refractivity contribution is 0.573. The summed E-state index contributed by atoms with van der Waals surface area (Å²) < 4.78 is 20.6. The Morgan fingerprint density at radius 3 is 2.42 bits per heavy atom. The highest BCUT2D eigenvalue weighted by Crippen LogP contribution is 2.29. The molecule has 2 aromatic carbocycles. The molecule has 0 radical (unpaired) electrons. The smallest absolute Gasteiger partial charge is 0.431 e. The van der Waals surface area contributed by atoms with E-state index < -0.39 is 12.9 Å². The molecule has 4 rings (SSSR count). The van der Waals surface area contributed by atoms with Gasteiger partial charge in [-0.15, -0.1) is 0 Å². The van der Waals surface area contributed by atoms with E-state index >= 15 is 0 Å². The molecule has 26 heavy (non-hydrogen) atoms. The Hall–Kier alpha value is -2.92. The predicted octanol–water partition coefficient (Wildman–Crippen LogP) is 3.61. The number of nitrogens with zero attached hydrogens (tertiary/aromatic N) is 2. The lowest BCUT2D eigenvalue weighted by Crippen LogP contribution is -2.49. The molecule has 0 aliphatic carbocycles. The van der Waals surface area contributed by atoms with Crippen molar-refractivity contribution in [2.75, 3.05) is 0 Å². The fraction of sp³-hybridized carbons (Fsp3) is 0. The molecule has 0 N–H and O–H groups in total. The van der Waals surface area contributed by atoms with Gasteiger partial charge in [0.2, 0.25) is 5.95 Å². The Kier molecular flexibility index (Phi) is 4.54. The normalized spacial score (nSPS) is 10.7. The van der Waals surface area contributed by atoms with E-state index in [4.69, 9.17) is 16.3 Å². The van der Waals surface area contributed by atoms with Gasteiger partial charge in [-0.2, -0.15) is 4.39 Å². The summed E-state index contributed by atoms with van der Waals surface area (Å²) in [6, 6.07) is 20.0. The second-order valence-electron chi connectivity index (χ2n) is 5.74. The first-order valence-electron chi connectivity index (χ1n) is 8.09. The van der Waals surface area contributed by atoms with Gasteiger partial charge in [0.1, 0.15) is 11.3 Å². The molecule has 2 heterocycles. The minimum atomic E-state index is -0.656. The summed E-state index contributed by atoms with van der Waals surface area (Å²) in [6.07, 6.45) is 3.09. The van der Waals surface area contributed by atoms with Crippen LogP contribution in [0.15, 0.2) is 79.1 Å². The van der Waals surface area contributed by atoms with Crippen molar-refractivity contribution in [2.45, 2.75) is 0 Å². The minimum Gasteiger partial charge on any atom is -0.550 e. The molecule has 0 saturated carbocycles. The van der Waals surface area contributed by atoms with Gasteiger partial charge in [-0.3, -0.25) is 4.98 Å². The fourth-order valence-electron chi connectivity index (χ4n) is 2.87. The van der Waals surface area contributed by atoms with Gasteiger partial charge in [0.05, 0.1) is 5.02 Å². The van der Waals surface area contributed by atoms with E-state index in [0.29, 0.717) is 21.8 Å². The largest absolute Gasteiger partial charge is 0.550 e. The Morgan fingerprint density at radius 1 is 0.846 bits per heavy atom. The van der Waals surface area contributed by atoms with Crippen LogP contribution in [0.1, 0.15) is 0 Å². The first-order chi connectivity index (χ1) is 12.7. The van der Waals surface area contributed by atoms with Crippen LogP contribution >= 0.6 is 11.6 Å². The minimum absolute atomic E-state index is 0.359. The monoisotopic (exact) mass is 362 g/mol. The van der Waals surface area contributed by atoms with E-state index in [-0.39, 0.29) is 0 Å². The van der Waals surface area contributed by atoms with Crippen LogP contribution in [0, 0.1) is 5.95 Å². The van der Waals surface area contributed by atoms with Crippen LogP contribution in [0.5, 0.6) is 5.75 Å². The summed E-state index contributed by atoms with van der Waals surface area (Å²) in [5, 5.41) is 1.37. The number of halogens is 2. The summed E-state index contributed by atoms with van der Waals surface area (Å²) in [5.74, 6) is -0.0327. The maximum atomic E-state index is 14.4. The van der Waals surface area contributed by atoms with Crippen molar-refractivity contribution in [1.29, 1.82) is 0 Å². The Morgan fingerprint density at radius 2 is 1.62 bits per heavy atom. The Labute approximate surface area is 155 Å². The van der Waals surface area contributed by atoms with Gasteiger partial charge in [0, 0.05) is 23.2 Å². The highest BCUT2D eigenvalue weighted by Gasteiger charge is 2.28. The summed E-state index contributed by atoms with van der Waals surface area (Å²) in [7, 11) is 0. The molecule has 0 spiro atoms. The first-order valence-corrected chi connectivity index (χ1v) is 8.47. The maximum absolute atomic E-state index is 14.4. The van der Waals surface area contributed by atoms with Crippen molar-refractivity contribution in [3.05, 3.63) is 90.1 Å². The molecule has 4 aromatic rings. The lowest BCUT2D eigenvalue weighted by Gasteiger charge is -2.18. The van der Waals surface area contributed by atoms with Gasteiger partial charge in [-0.25, -0.2) is 4.98 Å². The van der Waals surface area contributed by atoms with Crippen LogP contribution < -0.4 is 15.6 Å². The highest BCUT2D eigenvalue weighted by atomic mass is 35.5. The molecule has 0 aliphatic rings. The van der Waals surface area contributed by atoms with Gasteiger partial charge < -0.3 is 4.65 Å². The second kappa shape index (κ2) is 7.14. The molecule has 0 amide bonds. The maximum Gasteiger partial charge on any atom is 0.431 e. The molecule has 0 bridgehead atoms. The van der Waals surface area contributed by atoms with Gasteiger partial charge in [0.15, 0.2) is 0 Å². The average molecular weight is 363 g/mol. The zero-order valence-corrected chi connectivity index (χ0v) is 14.4. The summed E-state index contributed by atoms with van der Waals surface area (Å²) in [4.78, 5) is 8.15. The summed E-state index contributed by atoms with van der Waals surface area (Å²) in [6.45, 7) is -0.656. The van der Waals surface area contributed by atoms with Crippen LogP contribution in [-0.2, 0) is 0 Å². The number of rotatable bonds is 4. The standard InChI is InChI=1S/C20H13BClFN2O/c22-17-10-11-18(19-15(17)8-4-12-24-19)26-21(14-6-2-1-3-7-14)16-9-5-13-25-20(16)23/h1-13H. The second-order valence-corrected chi connectivity index (χ2v) is 6.14. The van der Waals surface area contributed by atoms with Crippen molar-refractivity contribution in [3.63, 3.8) is 0 Å². The SMILES string of the molecule is Fc1ncccc1B(Oc1ccc(Cl)c2cccnc12)c1ccccc1. The molecule has 0 atom stereocenters. The van der Waals surface area contributed by atoms with Crippen LogP contribution in [0.2, 0.25) is 5.02 Å². The van der Waals surface area contributed by atoms with Gasteiger partial charge in [0.25, 0.3) is 0 Å².